The standard InChI is InChI=1S/C13H18O6/c1-7-5-13(11(16)18-3,12(17)19-4)6-9(7)8(2)10(14)15/h7H,5-6H2,1-4H3,(H,14,15)/b9-8-. The molecule has 0 aromatic heterocycles. The average Bonchev–Trinajstić information content (AvgIpc) is 2.74. The summed E-state index contributed by atoms with van der Waals surface area (Å²) in [6, 6.07) is 0. The van der Waals surface area contributed by atoms with E-state index < -0.39 is 23.3 Å². The van der Waals surface area contributed by atoms with Gasteiger partial charge in [-0.2, -0.15) is 0 Å². The highest BCUT2D eigenvalue weighted by atomic mass is 16.5. The first kappa shape index (κ1) is 15.2. The third-order valence-electron chi connectivity index (χ3n) is 3.70. The van der Waals surface area contributed by atoms with Crippen LogP contribution in [0, 0.1) is 11.3 Å². The molecule has 1 saturated carbocycles. The van der Waals surface area contributed by atoms with Crippen molar-refractivity contribution in [3.05, 3.63) is 11.1 Å². The van der Waals surface area contributed by atoms with Gasteiger partial charge in [0.1, 0.15) is 0 Å². The maximum atomic E-state index is 11.9. The van der Waals surface area contributed by atoms with E-state index in [9.17, 15) is 14.4 Å². The summed E-state index contributed by atoms with van der Waals surface area (Å²) in [4.78, 5) is 34.9. The van der Waals surface area contributed by atoms with Gasteiger partial charge < -0.3 is 14.6 Å². The van der Waals surface area contributed by atoms with Gasteiger partial charge in [-0.15, -0.1) is 0 Å². The topological polar surface area (TPSA) is 89.9 Å². The Bertz CT molecular complexity index is 432. The number of carbonyl (C=O) groups is 3. The Labute approximate surface area is 111 Å². The second-order valence-electron chi connectivity index (χ2n) is 4.80. The fourth-order valence-electron chi connectivity index (χ4n) is 2.64. The van der Waals surface area contributed by atoms with Crippen molar-refractivity contribution >= 4 is 17.9 Å². The monoisotopic (exact) mass is 270 g/mol. The van der Waals surface area contributed by atoms with E-state index in [1.54, 1.807) is 6.92 Å². The van der Waals surface area contributed by atoms with Gasteiger partial charge in [0.15, 0.2) is 5.41 Å². The van der Waals surface area contributed by atoms with E-state index in [2.05, 4.69) is 9.47 Å². The summed E-state index contributed by atoms with van der Waals surface area (Å²) in [6.45, 7) is 3.26. The summed E-state index contributed by atoms with van der Waals surface area (Å²) < 4.78 is 9.38. The molecule has 0 aromatic rings. The lowest BCUT2D eigenvalue weighted by Gasteiger charge is -2.22. The van der Waals surface area contributed by atoms with Crippen molar-refractivity contribution in [3.63, 3.8) is 0 Å². The molecule has 1 aliphatic carbocycles. The number of ether oxygens (including phenoxy) is 2. The Morgan fingerprint density at radius 3 is 2.05 bits per heavy atom. The fourth-order valence-corrected chi connectivity index (χ4v) is 2.64. The lowest BCUT2D eigenvalue weighted by atomic mass is 9.85. The van der Waals surface area contributed by atoms with Crippen LogP contribution in [-0.2, 0) is 23.9 Å². The van der Waals surface area contributed by atoms with Crippen LogP contribution < -0.4 is 0 Å². The molecule has 1 fully saturated rings. The molecule has 0 aromatic carbocycles. The number of hydrogen-bond acceptors (Lipinski definition) is 5. The van der Waals surface area contributed by atoms with Crippen molar-refractivity contribution < 1.29 is 29.0 Å². The van der Waals surface area contributed by atoms with Gasteiger partial charge in [-0.05, 0) is 25.7 Å². The zero-order valence-electron chi connectivity index (χ0n) is 11.5. The zero-order valence-corrected chi connectivity index (χ0v) is 11.5. The summed E-state index contributed by atoms with van der Waals surface area (Å²) >= 11 is 0. The number of allylic oxidation sites excluding steroid dienone is 1. The minimum atomic E-state index is -1.42. The molecule has 0 bridgehead atoms. The number of esters is 2. The van der Waals surface area contributed by atoms with E-state index in [0.29, 0.717) is 5.57 Å². The van der Waals surface area contributed by atoms with Crippen LogP contribution in [0.3, 0.4) is 0 Å². The van der Waals surface area contributed by atoms with Crippen LogP contribution in [0.25, 0.3) is 0 Å². The molecular formula is C13H18O6. The Morgan fingerprint density at radius 1 is 1.21 bits per heavy atom. The Balaban J connectivity index is 3.27. The van der Waals surface area contributed by atoms with Crippen molar-refractivity contribution in [1.82, 2.24) is 0 Å². The average molecular weight is 270 g/mol. The normalized spacial score (nSPS) is 23.7. The van der Waals surface area contributed by atoms with Crippen LogP contribution in [0.4, 0.5) is 0 Å². The van der Waals surface area contributed by atoms with Gasteiger partial charge in [0.05, 0.1) is 14.2 Å². The second kappa shape index (κ2) is 5.42. The molecule has 1 aliphatic rings. The maximum Gasteiger partial charge on any atom is 0.331 e. The molecule has 19 heavy (non-hydrogen) atoms. The molecule has 0 aliphatic heterocycles. The van der Waals surface area contributed by atoms with Crippen molar-refractivity contribution in [3.8, 4) is 0 Å². The summed E-state index contributed by atoms with van der Waals surface area (Å²) in [5.41, 5.74) is -0.667. The maximum absolute atomic E-state index is 11.9. The summed E-state index contributed by atoms with van der Waals surface area (Å²) in [5, 5.41) is 9.03. The van der Waals surface area contributed by atoms with Crippen LogP contribution >= 0.6 is 0 Å². The molecule has 0 amide bonds. The number of carboxylic acids is 1. The van der Waals surface area contributed by atoms with Crippen LogP contribution in [0.15, 0.2) is 11.1 Å². The van der Waals surface area contributed by atoms with E-state index >= 15 is 0 Å². The van der Waals surface area contributed by atoms with Gasteiger partial charge in [-0.3, -0.25) is 9.59 Å². The number of carboxylic acid groups (broad SMARTS) is 1. The smallest absolute Gasteiger partial charge is 0.331 e. The first-order valence-corrected chi connectivity index (χ1v) is 5.90. The molecule has 1 N–H and O–H groups in total. The quantitative estimate of drug-likeness (QED) is 0.470. The third kappa shape index (κ3) is 2.47. The fraction of sp³-hybridized carbons (Fsp3) is 0.615. The molecule has 0 saturated heterocycles. The first-order chi connectivity index (χ1) is 8.80. The highest BCUT2D eigenvalue weighted by molar-refractivity contribution is 6.01. The Hall–Kier alpha value is -1.85. The molecule has 0 heterocycles. The predicted molar refractivity (Wildman–Crippen MR) is 65.2 cm³/mol. The molecule has 1 atom stereocenters. The third-order valence-corrected chi connectivity index (χ3v) is 3.70. The zero-order chi connectivity index (χ0) is 14.8. The van der Waals surface area contributed by atoms with Gasteiger partial charge in [0, 0.05) is 5.57 Å². The largest absolute Gasteiger partial charge is 0.478 e. The molecule has 106 valence electrons. The lowest BCUT2D eigenvalue weighted by Crippen LogP contribution is -2.39. The predicted octanol–water partition coefficient (Wildman–Crippen LogP) is 1.15. The van der Waals surface area contributed by atoms with Gasteiger partial charge in [0.25, 0.3) is 0 Å². The number of rotatable bonds is 3. The molecule has 6 heteroatoms. The highest BCUT2D eigenvalue weighted by Gasteiger charge is 2.55. The second-order valence-corrected chi connectivity index (χ2v) is 4.80. The summed E-state index contributed by atoms with van der Waals surface area (Å²) in [6.07, 6.45) is 0.234. The Morgan fingerprint density at radius 2 is 1.68 bits per heavy atom. The van der Waals surface area contributed by atoms with Crippen LogP contribution in [0.1, 0.15) is 26.7 Å². The van der Waals surface area contributed by atoms with Crippen molar-refractivity contribution in [2.24, 2.45) is 11.3 Å². The van der Waals surface area contributed by atoms with E-state index in [0.717, 1.165) is 0 Å². The van der Waals surface area contributed by atoms with Crippen molar-refractivity contribution in [1.29, 1.82) is 0 Å². The van der Waals surface area contributed by atoms with Gasteiger partial charge in [-0.1, -0.05) is 12.5 Å². The van der Waals surface area contributed by atoms with Crippen LogP contribution in [0.2, 0.25) is 0 Å². The number of aliphatic carboxylic acids is 1. The van der Waals surface area contributed by atoms with Gasteiger partial charge >= 0.3 is 17.9 Å². The number of methoxy groups -OCH3 is 2. The van der Waals surface area contributed by atoms with E-state index in [1.807, 2.05) is 0 Å². The molecule has 1 unspecified atom stereocenters. The van der Waals surface area contributed by atoms with Crippen LogP contribution in [0.5, 0.6) is 0 Å². The molecule has 0 radical (unpaired) electrons. The lowest BCUT2D eigenvalue weighted by molar-refractivity contribution is -0.168. The summed E-state index contributed by atoms with van der Waals surface area (Å²) in [7, 11) is 2.40. The van der Waals surface area contributed by atoms with E-state index in [1.165, 1.54) is 21.1 Å². The highest BCUT2D eigenvalue weighted by Crippen LogP contribution is 2.48. The minimum Gasteiger partial charge on any atom is -0.478 e. The van der Waals surface area contributed by atoms with E-state index in [4.69, 9.17) is 5.11 Å². The SMILES string of the molecule is COC(=O)C1(C(=O)OC)C/C(=C(\C)C(=O)O)C(C)C1. The number of hydrogen-bond donors (Lipinski definition) is 1. The van der Waals surface area contributed by atoms with Gasteiger partial charge in [-0.25, -0.2) is 4.79 Å². The molecular weight excluding hydrogens is 252 g/mol. The van der Waals surface area contributed by atoms with Crippen molar-refractivity contribution in [2.75, 3.05) is 14.2 Å². The summed E-state index contributed by atoms with van der Waals surface area (Å²) in [5.74, 6) is -2.60. The Kier molecular flexibility index (Phi) is 4.34. The van der Waals surface area contributed by atoms with Crippen molar-refractivity contribution in [2.45, 2.75) is 26.7 Å². The first-order valence-electron chi connectivity index (χ1n) is 5.90. The molecule has 0 spiro atoms. The van der Waals surface area contributed by atoms with E-state index in [-0.39, 0.29) is 24.3 Å². The van der Waals surface area contributed by atoms with Gasteiger partial charge in [0.2, 0.25) is 0 Å². The minimum absolute atomic E-state index is 0.0334. The van der Waals surface area contributed by atoms with Crippen LogP contribution in [-0.4, -0.2) is 37.2 Å². The number of carbonyl (C=O) groups excluding carboxylic acids is 2. The molecule has 6 nitrogen and oxygen atoms in total. The molecule has 1 rings (SSSR count).